The number of fused-ring (bicyclic) bond motifs is 1. The van der Waals surface area contributed by atoms with Crippen molar-refractivity contribution in [3.63, 3.8) is 0 Å². The molecule has 0 saturated carbocycles. The summed E-state index contributed by atoms with van der Waals surface area (Å²) >= 11 is 7.85. The van der Waals surface area contributed by atoms with Crippen LogP contribution < -0.4 is 5.73 Å². The zero-order chi connectivity index (χ0) is 8.55. The van der Waals surface area contributed by atoms with Gasteiger partial charge in [0, 0.05) is 23.1 Å². The first kappa shape index (κ1) is 8.42. The first-order valence-electron chi connectivity index (χ1n) is 3.94. The van der Waals surface area contributed by atoms with E-state index in [1.165, 1.54) is 10.5 Å². The van der Waals surface area contributed by atoms with Gasteiger partial charge < -0.3 is 5.73 Å². The highest BCUT2D eigenvalue weighted by atomic mass is 35.5. The van der Waals surface area contributed by atoms with Crippen molar-refractivity contribution in [2.75, 3.05) is 12.3 Å². The van der Waals surface area contributed by atoms with Gasteiger partial charge in [0.25, 0.3) is 0 Å². The summed E-state index contributed by atoms with van der Waals surface area (Å²) in [6, 6.07) is 6.06. The van der Waals surface area contributed by atoms with Crippen LogP contribution in [-0.4, -0.2) is 12.3 Å². The van der Waals surface area contributed by atoms with Crippen LogP contribution in [0, 0.1) is 0 Å². The van der Waals surface area contributed by atoms with Crippen molar-refractivity contribution in [3.8, 4) is 0 Å². The number of rotatable bonds is 1. The SMILES string of the molecule is NCC1CSc2c(Cl)cccc21. The molecule has 1 atom stereocenters. The van der Waals surface area contributed by atoms with E-state index < -0.39 is 0 Å². The summed E-state index contributed by atoms with van der Waals surface area (Å²) in [4.78, 5) is 1.23. The molecule has 1 aromatic carbocycles. The van der Waals surface area contributed by atoms with Gasteiger partial charge in [0.2, 0.25) is 0 Å². The fourth-order valence-electron chi connectivity index (χ4n) is 1.47. The molecule has 3 heteroatoms. The Balaban J connectivity index is 2.46. The van der Waals surface area contributed by atoms with Crippen LogP contribution in [0.4, 0.5) is 0 Å². The third-order valence-corrected chi connectivity index (χ3v) is 3.89. The molecule has 1 heterocycles. The van der Waals surface area contributed by atoms with Gasteiger partial charge in [-0.15, -0.1) is 11.8 Å². The Hall–Kier alpha value is -0.180. The van der Waals surface area contributed by atoms with E-state index in [0.717, 1.165) is 17.3 Å². The molecule has 0 fully saturated rings. The molecule has 2 N–H and O–H groups in total. The molecule has 1 nitrogen and oxygen atoms in total. The van der Waals surface area contributed by atoms with Crippen LogP contribution in [0.3, 0.4) is 0 Å². The lowest BCUT2D eigenvalue weighted by molar-refractivity contribution is 0.787. The van der Waals surface area contributed by atoms with Crippen molar-refractivity contribution in [3.05, 3.63) is 28.8 Å². The average molecular weight is 200 g/mol. The highest BCUT2D eigenvalue weighted by molar-refractivity contribution is 7.99. The van der Waals surface area contributed by atoms with Gasteiger partial charge in [-0.2, -0.15) is 0 Å². The van der Waals surface area contributed by atoms with Gasteiger partial charge in [-0.1, -0.05) is 23.7 Å². The van der Waals surface area contributed by atoms with E-state index in [4.69, 9.17) is 17.3 Å². The zero-order valence-corrected chi connectivity index (χ0v) is 8.16. The molecule has 1 aliphatic rings. The second-order valence-electron chi connectivity index (χ2n) is 2.90. The Morgan fingerprint density at radius 3 is 3.17 bits per heavy atom. The van der Waals surface area contributed by atoms with Gasteiger partial charge in [-0.05, 0) is 11.6 Å². The molecule has 12 heavy (non-hydrogen) atoms. The number of hydrogen-bond acceptors (Lipinski definition) is 2. The van der Waals surface area contributed by atoms with Gasteiger partial charge >= 0.3 is 0 Å². The molecule has 0 aromatic heterocycles. The Kier molecular flexibility index (Phi) is 2.31. The fraction of sp³-hybridized carbons (Fsp3) is 0.333. The highest BCUT2D eigenvalue weighted by Crippen LogP contribution is 2.42. The van der Waals surface area contributed by atoms with E-state index in [9.17, 15) is 0 Å². The minimum atomic E-state index is 0.503. The second kappa shape index (κ2) is 3.29. The highest BCUT2D eigenvalue weighted by Gasteiger charge is 2.23. The Labute approximate surface area is 81.3 Å². The molecular formula is C9H10ClNS. The summed E-state index contributed by atoms with van der Waals surface area (Å²) in [5.74, 6) is 1.58. The minimum absolute atomic E-state index is 0.503. The van der Waals surface area contributed by atoms with Crippen LogP contribution >= 0.6 is 23.4 Å². The van der Waals surface area contributed by atoms with E-state index in [-0.39, 0.29) is 0 Å². The van der Waals surface area contributed by atoms with Crippen LogP contribution in [-0.2, 0) is 0 Å². The third kappa shape index (κ3) is 1.24. The molecular weight excluding hydrogens is 190 g/mol. The lowest BCUT2D eigenvalue weighted by Gasteiger charge is -2.06. The number of hydrogen-bond donors (Lipinski definition) is 1. The molecule has 1 aliphatic heterocycles. The van der Waals surface area contributed by atoms with Crippen LogP contribution in [0.2, 0.25) is 5.02 Å². The van der Waals surface area contributed by atoms with Crippen LogP contribution in [0.25, 0.3) is 0 Å². The maximum absolute atomic E-state index is 6.03. The Morgan fingerprint density at radius 1 is 1.58 bits per heavy atom. The largest absolute Gasteiger partial charge is 0.330 e. The maximum atomic E-state index is 6.03. The molecule has 0 bridgehead atoms. The molecule has 1 unspecified atom stereocenters. The topological polar surface area (TPSA) is 26.0 Å². The summed E-state index contributed by atoms with van der Waals surface area (Å²) in [7, 11) is 0. The van der Waals surface area contributed by atoms with Gasteiger partial charge in [0.15, 0.2) is 0 Å². The zero-order valence-electron chi connectivity index (χ0n) is 6.59. The standard InChI is InChI=1S/C9H10ClNS/c10-8-3-1-2-7-6(4-11)5-12-9(7)8/h1-3,6H,4-5,11H2. The molecule has 1 aromatic rings. The van der Waals surface area contributed by atoms with E-state index in [0.29, 0.717) is 5.92 Å². The van der Waals surface area contributed by atoms with Crippen molar-refractivity contribution in [2.24, 2.45) is 5.73 Å². The smallest absolute Gasteiger partial charge is 0.0544 e. The lowest BCUT2D eigenvalue weighted by Crippen LogP contribution is -2.11. The number of nitrogens with two attached hydrogens (primary N) is 1. The first-order valence-corrected chi connectivity index (χ1v) is 5.30. The summed E-state index contributed by atoms with van der Waals surface area (Å²) in [5, 5.41) is 0.869. The number of thioether (sulfide) groups is 1. The quantitative estimate of drug-likeness (QED) is 0.752. The number of halogens is 1. The predicted octanol–water partition coefficient (Wildman–Crippen LogP) is 2.49. The summed E-state index contributed by atoms with van der Waals surface area (Å²) in [5.41, 5.74) is 6.97. The van der Waals surface area contributed by atoms with E-state index in [1.807, 2.05) is 23.9 Å². The van der Waals surface area contributed by atoms with Crippen molar-refractivity contribution >= 4 is 23.4 Å². The summed E-state index contributed by atoms with van der Waals surface area (Å²) < 4.78 is 0. The normalized spacial score (nSPS) is 21.0. The molecule has 0 spiro atoms. The lowest BCUT2D eigenvalue weighted by atomic mass is 10.0. The number of benzene rings is 1. The van der Waals surface area contributed by atoms with Crippen molar-refractivity contribution in [2.45, 2.75) is 10.8 Å². The summed E-state index contributed by atoms with van der Waals surface area (Å²) in [6.07, 6.45) is 0. The average Bonchev–Trinajstić information content (AvgIpc) is 2.49. The third-order valence-electron chi connectivity index (χ3n) is 2.15. The molecule has 2 rings (SSSR count). The Bertz CT molecular complexity index is 301. The van der Waals surface area contributed by atoms with Gasteiger partial charge in [0.1, 0.15) is 0 Å². The van der Waals surface area contributed by atoms with E-state index in [2.05, 4.69) is 6.07 Å². The minimum Gasteiger partial charge on any atom is -0.330 e. The molecule has 64 valence electrons. The van der Waals surface area contributed by atoms with Gasteiger partial charge in [-0.3, -0.25) is 0 Å². The first-order chi connectivity index (χ1) is 5.83. The molecule has 0 amide bonds. The van der Waals surface area contributed by atoms with Crippen molar-refractivity contribution < 1.29 is 0 Å². The van der Waals surface area contributed by atoms with E-state index >= 15 is 0 Å². The van der Waals surface area contributed by atoms with Crippen molar-refractivity contribution in [1.82, 2.24) is 0 Å². The molecule has 0 aliphatic carbocycles. The second-order valence-corrected chi connectivity index (χ2v) is 4.34. The molecule has 0 saturated heterocycles. The van der Waals surface area contributed by atoms with Crippen LogP contribution in [0.1, 0.15) is 11.5 Å². The van der Waals surface area contributed by atoms with Crippen LogP contribution in [0.15, 0.2) is 23.1 Å². The maximum Gasteiger partial charge on any atom is 0.0544 e. The van der Waals surface area contributed by atoms with Gasteiger partial charge in [0.05, 0.1) is 5.02 Å². The fourth-order valence-corrected chi connectivity index (χ4v) is 3.10. The van der Waals surface area contributed by atoms with Crippen molar-refractivity contribution in [1.29, 1.82) is 0 Å². The monoisotopic (exact) mass is 199 g/mol. The predicted molar refractivity (Wildman–Crippen MR) is 54.0 cm³/mol. The van der Waals surface area contributed by atoms with E-state index in [1.54, 1.807) is 0 Å². The molecule has 0 radical (unpaired) electrons. The summed E-state index contributed by atoms with van der Waals surface area (Å²) in [6.45, 7) is 0.723. The van der Waals surface area contributed by atoms with Gasteiger partial charge in [-0.25, -0.2) is 0 Å². The Morgan fingerprint density at radius 2 is 2.42 bits per heavy atom. The van der Waals surface area contributed by atoms with Crippen LogP contribution in [0.5, 0.6) is 0 Å².